The van der Waals surface area contributed by atoms with Gasteiger partial charge in [-0.15, -0.1) is 0 Å². The summed E-state index contributed by atoms with van der Waals surface area (Å²) in [5.41, 5.74) is 1.42. The maximum absolute atomic E-state index is 12.3. The first-order chi connectivity index (χ1) is 7.54. The molecule has 0 unspecified atom stereocenters. The van der Waals surface area contributed by atoms with Gasteiger partial charge in [-0.25, -0.2) is 8.78 Å². The molecular weight excluding hydrogens is 210 g/mol. The number of carbonyl (C=O) groups is 1. The molecule has 0 aliphatic rings. The smallest absolute Gasteiger partial charge is 0.263 e. The van der Waals surface area contributed by atoms with Crippen LogP contribution >= 0.6 is 0 Å². The van der Waals surface area contributed by atoms with Gasteiger partial charge in [0.15, 0.2) is 0 Å². The molecule has 0 fully saturated rings. The molecule has 0 bridgehead atoms. The van der Waals surface area contributed by atoms with E-state index in [0.29, 0.717) is 5.57 Å². The Balaban J connectivity index is 2.94. The van der Waals surface area contributed by atoms with Crippen LogP contribution in [0.5, 0.6) is 0 Å². The van der Waals surface area contributed by atoms with Crippen molar-refractivity contribution in [2.24, 2.45) is 5.92 Å². The molecule has 0 aromatic heterocycles. The summed E-state index contributed by atoms with van der Waals surface area (Å²) in [5, 5.41) is 0. The van der Waals surface area contributed by atoms with Gasteiger partial charge in [-0.2, -0.15) is 0 Å². The van der Waals surface area contributed by atoms with Gasteiger partial charge in [-0.1, -0.05) is 38.1 Å². The van der Waals surface area contributed by atoms with Gasteiger partial charge in [0.25, 0.3) is 6.43 Å². The average Bonchev–Trinajstić information content (AvgIpc) is 2.26. The quantitative estimate of drug-likeness (QED) is 0.560. The first-order valence-electron chi connectivity index (χ1n) is 5.09. The highest BCUT2D eigenvalue weighted by molar-refractivity contribution is 5.82. The van der Waals surface area contributed by atoms with Crippen LogP contribution in [0.4, 0.5) is 8.78 Å². The summed E-state index contributed by atoms with van der Waals surface area (Å²) in [5.74, 6) is 0.132. The van der Waals surface area contributed by atoms with Crippen LogP contribution < -0.4 is 0 Å². The Kier molecular flexibility index (Phi) is 4.35. The molecule has 1 aromatic rings. The summed E-state index contributed by atoms with van der Waals surface area (Å²) >= 11 is 0. The normalized spacial score (nSPS) is 12.2. The van der Waals surface area contributed by atoms with E-state index in [9.17, 15) is 13.6 Å². The van der Waals surface area contributed by atoms with E-state index < -0.39 is 6.43 Å². The Bertz CT molecular complexity index is 377. The van der Waals surface area contributed by atoms with Crippen molar-refractivity contribution in [1.82, 2.24) is 0 Å². The molecular formula is C13H14F2O. The molecule has 0 saturated carbocycles. The van der Waals surface area contributed by atoms with E-state index in [1.54, 1.807) is 18.2 Å². The van der Waals surface area contributed by atoms with Gasteiger partial charge in [0, 0.05) is 5.56 Å². The van der Waals surface area contributed by atoms with E-state index in [-0.39, 0.29) is 11.5 Å². The third-order valence-electron chi connectivity index (χ3n) is 2.32. The Morgan fingerprint density at radius 1 is 1.19 bits per heavy atom. The van der Waals surface area contributed by atoms with Gasteiger partial charge in [-0.05, 0) is 23.1 Å². The third kappa shape index (κ3) is 3.26. The van der Waals surface area contributed by atoms with E-state index in [1.807, 2.05) is 13.8 Å². The topological polar surface area (TPSA) is 17.1 Å². The van der Waals surface area contributed by atoms with E-state index in [1.165, 1.54) is 12.1 Å². The number of alkyl halides is 2. The first-order valence-corrected chi connectivity index (χ1v) is 5.09. The fourth-order valence-electron chi connectivity index (χ4n) is 1.27. The van der Waals surface area contributed by atoms with Gasteiger partial charge in [0.2, 0.25) is 0 Å². The molecule has 16 heavy (non-hydrogen) atoms. The average molecular weight is 224 g/mol. The van der Waals surface area contributed by atoms with Crippen molar-refractivity contribution >= 4 is 12.4 Å². The number of rotatable bonds is 4. The van der Waals surface area contributed by atoms with E-state index in [0.717, 1.165) is 11.8 Å². The monoisotopic (exact) mass is 224 g/mol. The number of aldehydes is 1. The van der Waals surface area contributed by atoms with Crippen LogP contribution in [-0.4, -0.2) is 6.29 Å². The van der Waals surface area contributed by atoms with Crippen molar-refractivity contribution < 1.29 is 13.6 Å². The molecule has 0 radical (unpaired) electrons. The maximum Gasteiger partial charge on any atom is 0.263 e. The molecule has 1 aromatic carbocycles. The van der Waals surface area contributed by atoms with Gasteiger partial charge in [-0.3, -0.25) is 4.79 Å². The summed E-state index contributed by atoms with van der Waals surface area (Å²) < 4.78 is 24.6. The number of hydrogen-bond donors (Lipinski definition) is 0. The number of carbonyl (C=O) groups excluding carboxylic acids is 1. The van der Waals surface area contributed by atoms with Crippen LogP contribution in [-0.2, 0) is 4.79 Å². The van der Waals surface area contributed by atoms with Crippen LogP contribution in [0.3, 0.4) is 0 Å². The minimum absolute atomic E-state index is 0.00523. The zero-order valence-electron chi connectivity index (χ0n) is 9.28. The fraction of sp³-hybridized carbons (Fsp3) is 0.308. The Hall–Kier alpha value is -1.51. The molecule has 0 N–H and O–H groups in total. The highest BCUT2D eigenvalue weighted by Crippen LogP contribution is 2.20. The number of hydrogen-bond acceptors (Lipinski definition) is 1. The van der Waals surface area contributed by atoms with Crippen molar-refractivity contribution in [3.63, 3.8) is 0 Å². The molecule has 0 aliphatic heterocycles. The van der Waals surface area contributed by atoms with E-state index >= 15 is 0 Å². The van der Waals surface area contributed by atoms with Crippen molar-refractivity contribution in [3.05, 3.63) is 41.0 Å². The molecule has 1 rings (SSSR count). The van der Waals surface area contributed by atoms with Crippen molar-refractivity contribution in [2.45, 2.75) is 20.3 Å². The van der Waals surface area contributed by atoms with Crippen molar-refractivity contribution in [2.75, 3.05) is 0 Å². The molecule has 3 heteroatoms. The van der Waals surface area contributed by atoms with Gasteiger partial charge in [0.05, 0.1) is 0 Å². The summed E-state index contributed by atoms with van der Waals surface area (Å²) in [7, 11) is 0. The lowest BCUT2D eigenvalue weighted by Gasteiger charge is -2.04. The Morgan fingerprint density at radius 3 is 2.12 bits per heavy atom. The first kappa shape index (κ1) is 12.6. The molecule has 86 valence electrons. The molecule has 0 heterocycles. The SMILES string of the molecule is CC(C)/C(C=O)=C/c1ccc(C(F)F)cc1. The summed E-state index contributed by atoms with van der Waals surface area (Å²) in [6, 6.07) is 5.93. The molecule has 0 aliphatic carbocycles. The molecule has 0 spiro atoms. The van der Waals surface area contributed by atoms with Crippen LogP contribution in [0.25, 0.3) is 6.08 Å². The zero-order chi connectivity index (χ0) is 12.1. The minimum atomic E-state index is -2.45. The highest BCUT2D eigenvalue weighted by Gasteiger charge is 2.06. The lowest BCUT2D eigenvalue weighted by Crippen LogP contribution is -1.94. The van der Waals surface area contributed by atoms with Crippen LogP contribution in [0.15, 0.2) is 29.8 Å². The van der Waals surface area contributed by atoms with Gasteiger partial charge < -0.3 is 0 Å². The predicted molar refractivity (Wildman–Crippen MR) is 60.3 cm³/mol. The van der Waals surface area contributed by atoms with Crippen LogP contribution in [0.2, 0.25) is 0 Å². The molecule has 0 amide bonds. The van der Waals surface area contributed by atoms with Crippen LogP contribution in [0.1, 0.15) is 31.4 Å². The third-order valence-corrected chi connectivity index (χ3v) is 2.32. The summed E-state index contributed by atoms with van der Waals surface area (Å²) in [4.78, 5) is 10.7. The second-order valence-electron chi connectivity index (χ2n) is 3.88. The predicted octanol–water partition coefficient (Wildman–Crippen LogP) is 3.86. The van der Waals surface area contributed by atoms with E-state index in [4.69, 9.17) is 0 Å². The number of halogens is 2. The second-order valence-corrected chi connectivity index (χ2v) is 3.88. The summed E-state index contributed by atoms with van der Waals surface area (Å²) in [6.45, 7) is 3.82. The van der Waals surface area contributed by atoms with Gasteiger partial charge >= 0.3 is 0 Å². The highest BCUT2D eigenvalue weighted by atomic mass is 19.3. The van der Waals surface area contributed by atoms with Crippen molar-refractivity contribution in [3.8, 4) is 0 Å². The lowest BCUT2D eigenvalue weighted by molar-refractivity contribution is -0.105. The standard InChI is InChI=1S/C13H14F2O/c1-9(2)12(8-16)7-10-3-5-11(6-4-10)13(14)15/h3-9,13H,1-2H3/b12-7+. The zero-order valence-corrected chi connectivity index (χ0v) is 9.28. The second kappa shape index (κ2) is 5.54. The molecule has 0 saturated heterocycles. The number of allylic oxidation sites excluding steroid dienone is 1. The lowest BCUT2D eigenvalue weighted by atomic mass is 10.0. The largest absolute Gasteiger partial charge is 0.298 e. The summed E-state index contributed by atoms with van der Waals surface area (Å²) in [6.07, 6.45) is 0.0622. The number of benzene rings is 1. The maximum atomic E-state index is 12.3. The van der Waals surface area contributed by atoms with Crippen molar-refractivity contribution in [1.29, 1.82) is 0 Å². The van der Waals surface area contributed by atoms with Gasteiger partial charge in [0.1, 0.15) is 6.29 Å². The Morgan fingerprint density at radius 2 is 1.75 bits per heavy atom. The van der Waals surface area contributed by atoms with Crippen LogP contribution in [0, 0.1) is 5.92 Å². The molecule has 1 nitrogen and oxygen atoms in total. The Labute approximate surface area is 93.8 Å². The molecule has 0 atom stereocenters. The fourth-order valence-corrected chi connectivity index (χ4v) is 1.27. The van der Waals surface area contributed by atoms with E-state index in [2.05, 4.69) is 0 Å². The minimum Gasteiger partial charge on any atom is -0.298 e.